The van der Waals surface area contributed by atoms with Crippen molar-refractivity contribution in [3.05, 3.63) is 59.4 Å². The average molecular weight is 345 g/mol. The van der Waals surface area contributed by atoms with Crippen LogP contribution in [0.15, 0.2) is 48.8 Å². The fraction of sp³-hybridized carbons (Fsp3) is 0.333. The van der Waals surface area contributed by atoms with Gasteiger partial charge in [-0.05, 0) is 29.8 Å². The Hall–Kier alpha value is -1.95. The molecule has 1 aromatic heterocycles. The van der Waals surface area contributed by atoms with Gasteiger partial charge in [0.25, 0.3) is 0 Å². The van der Waals surface area contributed by atoms with Gasteiger partial charge in [-0.1, -0.05) is 23.7 Å². The molecule has 1 N–H and O–H groups in total. The molecule has 3 rings (SSSR count). The molecule has 0 aliphatic carbocycles. The summed E-state index contributed by atoms with van der Waals surface area (Å²) < 4.78 is 0. The first-order valence-electron chi connectivity index (χ1n) is 8.09. The molecule has 0 saturated carbocycles. The van der Waals surface area contributed by atoms with Gasteiger partial charge < -0.3 is 5.32 Å². The van der Waals surface area contributed by atoms with E-state index in [1.165, 1.54) is 5.56 Å². The van der Waals surface area contributed by atoms with Crippen LogP contribution in [0.2, 0.25) is 5.02 Å². The van der Waals surface area contributed by atoms with Crippen LogP contribution in [-0.2, 0) is 11.3 Å². The number of anilines is 1. The molecule has 1 amide bonds. The maximum Gasteiger partial charge on any atom is 0.238 e. The van der Waals surface area contributed by atoms with Crippen LogP contribution in [-0.4, -0.2) is 53.4 Å². The van der Waals surface area contributed by atoms with E-state index in [9.17, 15) is 4.79 Å². The number of carbonyl (C=O) groups is 1. The lowest BCUT2D eigenvalue weighted by molar-refractivity contribution is -0.117. The summed E-state index contributed by atoms with van der Waals surface area (Å²) in [6.07, 6.45) is 3.65. The van der Waals surface area contributed by atoms with Crippen molar-refractivity contribution in [2.45, 2.75) is 6.54 Å². The number of rotatable bonds is 5. The van der Waals surface area contributed by atoms with Crippen LogP contribution >= 0.6 is 11.6 Å². The maximum absolute atomic E-state index is 12.2. The van der Waals surface area contributed by atoms with Crippen LogP contribution in [0.4, 0.5) is 5.69 Å². The molecule has 2 aromatic rings. The number of para-hydroxylation sites is 1. The van der Waals surface area contributed by atoms with Gasteiger partial charge >= 0.3 is 0 Å². The van der Waals surface area contributed by atoms with Crippen LogP contribution in [0.5, 0.6) is 0 Å². The minimum absolute atomic E-state index is 0.0225. The van der Waals surface area contributed by atoms with Gasteiger partial charge in [0.1, 0.15) is 0 Å². The highest BCUT2D eigenvalue weighted by atomic mass is 35.5. The van der Waals surface area contributed by atoms with Gasteiger partial charge in [0.2, 0.25) is 5.91 Å². The number of pyridine rings is 1. The Morgan fingerprint density at radius 2 is 1.71 bits per heavy atom. The Labute approximate surface area is 147 Å². The molecule has 0 atom stereocenters. The van der Waals surface area contributed by atoms with Crippen molar-refractivity contribution >= 4 is 23.2 Å². The van der Waals surface area contributed by atoms with Crippen LogP contribution < -0.4 is 5.32 Å². The zero-order valence-corrected chi connectivity index (χ0v) is 14.2. The standard InChI is InChI=1S/C18H21ClN4O/c19-16-3-1-2-4-17(16)21-18(24)14-23-11-9-22(10-12-23)13-15-5-7-20-8-6-15/h1-8H,9-14H2,(H,21,24). The molecule has 1 aliphatic rings. The highest BCUT2D eigenvalue weighted by molar-refractivity contribution is 6.33. The third kappa shape index (κ3) is 4.77. The summed E-state index contributed by atoms with van der Waals surface area (Å²) in [6.45, 7) is 5.03. The number of hydrogen-bond donors (Lipinski definition) is 1. The largest absolute Gasteiger partial charge is 0.324 e. The van der Waals surface area contributed by atoms with Crippen molar-refractivity contribution in [2.75, 3.05) is 38.0 Å². The van der Waals surface area contributed by atoms with Gasteiger partial charge in [0.15, 0.2) is 0 Å². The normalized spacial score (nSPS) is 16.0. The molecule has 24 heavy (non-hydrogen) atoms. The number of aromatic nitrogens is 1. The molecule has 126 valence electrons. The smallest absolute Gasteiger partial charge is 0.238 e. The average Bonchev–Trinajstić information content (AvgIpc) is 2.60. The van der Waals surface area contributed by atoms with E-state index < -0.39 is 0 Å². The molecule has 1 saturated heterocycles. The van der Waals surface area contributed by atoms with E-state index in [0.717, 1.165) is 32.7 Å². The molecule has 0 bridgehead atoms. The molecule has 0 spiro atoms. The van der Waals surface area contributed by atoms with Gasteiger partial charge in [0, 0.05) is 45.1 Å². The second-order valence-corrected chi connectivity index (χ2v) is 6.34. The molecule has 1 aliphatic heterocycles. The van der Waals surface area contributed by atoms with Crippen LogP contribution in [0.1, 0.15) is 5.56 Å². The minimum atomic E-state index is -0.0225. The topological polar surface area (TPSA) is 48.5 Å². The Balaban J connectivity index is 1.43. The molecular formula is C18H21ClN4O. The Morgan fingerprint density at radius 3 is 2.42 bits per heavy atom. The second kappa shape index (κ2) is 8.24. The number of halogens is 1. The van der Waals surface area contributed by atoms with E-state index in [1.807, 2.05) is 42.7 Å². The summed E-state index contributed by atoms with van der Waals surface area (Å²) in [7, 11) is 0. The Kier molecular flexibility index (Phi) is 5.80. The second-order valence-electron chi connectivity index (χ2n) is 5.94. The lowest BCUT2D eigenvalue weighted by atomic mass is 10.2. The van der Waals surface area contributed by atoms with Gasteiger partial charge in [0.05, 0.1) is 17.3 Å². The Bertz CT molecular complexity index is 672. The molecule has 1 fully saturated rings. The first kappa shape index (κ1) is 16.9. The molecule has 2 heterocycles. The van der Waals surface area contributed by atoms with Crippen molar-refractivity contribution < 1.29 is 4.79 Å². The van der Waals surface area contributed by atoms with E-state index >= 15 is 0 Å². The minimum Gasteiger partial charge on any atom is -0.324 e. The number of hydrogen-bond acceptors (Lipinski definition) is 4. The first-order chi connectivity index (χ1) is 11.7. The summed E-state index contributed by atoms with van der Waals surface area (Å²) >= 11 is 6.07. The van der Waals surface area contributed by atoms with Crippen LogP contribution in [0, 0.1) is 0 Å². The Morgan fingerprint density at radius 1 is 1.04 bits per heavy atom. The van der Waals surface area contributed by atoms with E-state index in [0.29, 0.717) is 17.3 Å². The summed E-state index contributed by atoms with van der Waals surface area (Å²) in [6, 6.07) is 11.4. The molecule has 5 nitrogen and oxygen atoms in total. The van der Waals surface area contributed by atoms with Gasteiger partial charge in [-0.3, -0.25) is 19.6 Å². The summed E-state index contributed by atoms with van der Waals surface area (Å²) in [5, 5.41) is 3.44. The highest BCUT2D eigenvalue weighted by Gasteiger charge is 2.19. The fourth-order valence-electron chi connectivity index (χ4n) is 2.81. The number of amides is 1. The van der Waals surface area contributed by atoms with E-state index in [4.69, 9.17) is 11.6 Å². The summed E-state index contributed by atoms with van der Waals surface area (Å²) in [5.41, 5.74) is 1.94. The van der Waals surface area contributed by atoms with E-state index in [-0.39, 0.29) is 5.91 Å². The van der Waals surface area contributed by atoms with Crippen molar-refractivity contribution in [3.63, 3.8) is 0 Å². The number of nitrogens with zero attached hydrogens (tertiary/aromatic N) is 3. The first-order valence-corrected chi connectivity index (χ1v) is 8.46. The molecule has 6 heteroatoms. The SMILES string of the molecule is O=C(CN1CCN(Cc2ccncc2)CC1)Nc1ccccc1Cl. The molecule has 0 radical (unpaired) electrons. The predicted octanol–water partition coefficient (Wildman–Crippen LogP) is 2.49. The summed E-state index contributed by atoms with van der Waals surface area (Å²) in [4.78, 5) is 20.8. The maximum atomic E-state index is 12.2. The molecule has 0 unspecified atom stereocenters. The zero-order valence-electron chi connectivity index (χ0n) is 13.5. The van der Waals surface area contributed by atoms with Crippen molar-refractivity contribution in [1.82, 2.24) is 14.8 Å². The lowest BCUT2D eigenvalue weighted by Crippen LogP contribution is -2.48. The number of nitrogens with one attached hydrogen (secondary N) is 1. The predicted molar refractivity (Wildman–Crippen MR) is 96.0 cm³/mol. The van der Waals surface area contributed by atoms with E-state index in [2.05, 4.69) is 20.1 Å². The molecular weight excluding hydrogens is 324 g/mol. The third-order valence-corrected chi connectivity index (χ3v) is 4.47. The quantitative estimate of drug-likeness (QED) is 0.905. The van der Waals surface area contributed by atoms with Crippen LogP contribution in [0.3, 0.4) is 0 Å². The van der Waals surface area contributed by atoms with Crippen molar-refractivity contribution in [2.24, 2.45) is 0 Å². The fourth-order valence-corrected chi connectivity index (χ4v) is 2.99. The van der Waals surface area contributed by atoms with Crippen molar-refractivity contribution in [1.29, 1.82) is 0 Å². The lowest BCUT2D eigenvalue weighted by Gasteiger charge is -2.34. The third-order valence-electron chi connectivity index (χ3n) is 4.14. The van der Waals surface area contributed by atoms with Gasteiger partial charge in [-0.15, -0.1) is 0 Å². The van der Waals surface area contributed by atoms with Crippen LogP contribution in [0.25, 0.3) is 0 Å². The number of benzene rings is 1. The molecule has 1 aromatic carbocycles. The summed E-state index contributed by atoms with van der Waals surface area (Å²) in [5.74, 6) is -0.0225. The monoisotopic (exact) mass is 344 g/mol. The van der Waals surface area contributed by atoms with Crippen molar-refractivity contribution in [3.8, 4) is 0 Å². The van der Waals surface area contributed by atoms with E-state index in [1.54, 1.807) is 6.07 Å². The van der Waals surface area contributed by atoms with Gasteiger partial charge in [-0.2, -0.15) is 0 Å². The van der Waals surface area contributed by atoms with Gasteiger partial charge in [-0.25, -0.2) is 0 Å². The zero-order chi connectivity index (χ0) is 16.8. The number of piperazine rings is 1. The highest BCUT2D eigenvalue weighted by Crippen LogP contribution is 2.20. The number of carbonyl (C=O) groups excluding carboxylic acids is 1.